The summed E-state index contributed by atoms with van der Waals surface area (Å²) in [6.07, 6.45) is 0.801. The van der Waals surface area contributed by atoms with Gasteiger partial charge in [0.1, 0.15) is 0 Å². The van der Waals surface area contributed by atoms with Gasteiger partial charge in [0, 0.05) is 56.6 Å². The van der Waals surface area contributed by atoms with E-state index in [1.165, 1.54) is 5.69 Å². The molecule has 140 valence electrons. The van der Waals surface area contributed by atoms with Crippen LogP contribution in [-0.4, -0.2) is 86.1 Å². The molecule has 1 N–H and O–H groups in total. The lowest BCUT2D eigenvalue weighted by atomic mass is 10.2. The van der Waals surface area contributed by atoms with Crippen LogP contribution in [0, 0.1) is 0 Å². The predicted octanol–water partition coefficient (Wildman–Crippen LogP) is 1.93. The van der Waals surface area contributed by atoms with Crippen molar-refractivity contribution < 1.29 is 9.84 Å². The van der Waals surface area contributed by atoms with Gasteiger partial charge >= 0.3 is 0 Å². The molecule has 2 saturated heterocycles. The van der Waals surface area contributed by atoms with E-state index in [9.17, 15) is 5.11 Å². The highest BCUT2D eigenvalue weighted by Crippen LogP contribution is 2.21. The number of anilines is 1. The molecule has 2 atom stereocenters. The maximum atomic E-state index is 10.0. The van der Waals surface area contributed by atoms with Crippen molar-refractivity contribution in [1.29, 1.82) is 0 Å². The Balaban J connectivity index is 1.35. The maximum Gasteiger partial charge on any atom is 0.0972 e. The quantitative estimate of drug-likeness (QED) is 0.797. The highest BCUT2D eigenvalue weighted by molar-refractivity contribution is 6.30. The van der Waals surface area contributed by atoms with Gasteiger partial charge in [0.2, 0.25) is 0 Å². The number of rotatable bonds is 7. The summed E-state index contributed by atoms with van der Waals surface area (Å²) in [4.78, 5) is 7.27. The summed E-state index contributed by atoms with van der Waals surface area (Å²) < 4.78 is 5.59. The van der Waals surface area contributed by atoms with E-state index in [-0.39, 0.29) is 12.2 Å². The Morgan fingerprint density at radius 1 is 1.12 bits per heavy atom. The summed E-state index contributed by atoms with van der Waals surface area (Å²) in [6, 6.07) is 8.12. The van der Waals surface area contributed by atoms with Crippen molar-refractivity contribution in [3.63, 3.8) is 0 Å². The van der Waals surface area contributed by atoms with E-state index in [2.05, 4.69) is 20.8 Å². The van der Waals surface area contributed by atoms with Crippen LogP contribution in [-0.2, 0) is 4.74 Å². The van der Waals surface area contributed by atoms with Gasteiger partial charge in [-0.1, -0.05) is 17.7 Å². The Kier molecular flexibility index (Phi) is 6.96. The first kappa shape index (κ1) is 18.9. The maximum absolute atomic E-state index is 10.0. The molecule has 6 heteroatoms. The van der Waals surface area contributed by atoms with E-state index >= 15 is 0 Å². The van der Waals surface area contributed by atoms with E-state index in [1.54, 1.807) is 0 Å². The molecular formula is C19H30ClN3O2. The Hall–Kier alpha value is -0.850. The molecular weight excluding hydrogens is 338 g/mol. The van der Waals surface area contributed by atoms with Gasteiger partial charge in [-0.2, -0.15) is 0 Å². The third-order valence-corrected chi connectivity index (χ3v) is 5.42. The molecule has 1 aromatic carbocycles. The number of hydrogen-bond donors (Lipinski definition) is 1. The van der Waals surface area contributed by atoms with E-state index in [4.69, 9.17) is 16.3 Å². The van der Waals surface area contributed by atoms with Gasteiger partial charge in [-0.05, 0) is 44.6 Å². The second-order valence-corrected chi connectivity index (χ2v) is 7.42. The number of halogens is 1. The average Bonchev–Trinajstić information content (AvgIpc) is 2.96. The fourth-order valence-corrected chi connectivity index (χ4v) is 4.00. The fourth-order valence-electron chi connectivity index (χ4n) is 3.81. The Morgan fingerprint density at radius 3 is 2.60 bits per heavy atom. The number of aliphatic hydroxyl groups is 1. The summed E-state index contributed by atoms with van der Waals surface area (Å²) in [5.74, 6) is 0. The highest BCUT2D eigenvalue weighted by atomic mass is 35.5. The Bertz CT molecular complexity index is 537. The molecule has 2 aliphatic rings. The summed E-state index contributed by atoms with van der Waals surface area (Å²) in [6.45, 7) is 10.7. The molecule has 1 aromatic rings. The third kappa shape index (κ3) is 5.31. The lowest BCUT2D eigenvalue weighted by molar-refractivity contribution is -0.00242. The molecule has 0 amide bonds. The topological polar surface area (TPSA) is 39.2 Å². The zero-order valence-electron chi connectivity index (χ0n) is 15.1. The van der Waals surface area contributed by atoms with Crippen LogP contribution >= 0.6 is 11.6 Å². The van der Waals surface area contributed by atoms with Gasteiger partial charge in [-0.25, -0.2) is 0 Å². The standard InChI is InChI=1S/C19H30ClN3O2/c1-2-25-19-15-22(14-18(19)24)8-4-7-21-9-11-23(12-10-21)17-6-3-5-16(20)13-17/h3,5-6,13,18-19,24H,2,4,7-12,14-15H2,1H3/t18-,19-/m0/s1. The van der Waals surface area contributed by atoms with Crippen molar-refractivity contribution in [2.75, 3.05) is 63.9 Å². The fraction of sp³-hybridized carbons (Fsp3) is 0.684. The van der Waals surface area contributed by atoms with Crippen molar-refractivity contribution >= 4 is 17.3 Å². The normalized spacial score (nSPS) is 25.6. The summed E-state index contributed by atoms with van der Waals surface area (Å²) in [7, 11) is 0. The number of aliphatic hydroxyl groups excluding tert-OH is 1. The van der Waals surface area contributed by atoms with Crippen molar-refractivity contribution in [2.45, 2.75) is 25.6 Å². The molecule has 5 nitrogen and oxygen atoms in total. The van der Waals surface area contributed by atoms with Crippen LogP contribution < -0.4 is 4.90 Å². The molecule has 0 unspecified atom stereocenters. The van der Waals surface area contributed by atoms with Crippen molar-refractivity contribution in [3.8, 4) is 0 Å². The lowest BCUT2D eigenvalue weighted by Crippen LogP contribution is -2.47. The minimum atomic E-state index is -0.332. The van der Waals surface area contributed by atoms with Crippen LogP contribution in [0.2, 0.25) is 5.02 Å². The van der Waals surface area contributed by atoms with Gasteiger partial charge in [0.05, 0.1) is 12.2 Å². The van der Waals surface area contributed by atoms with Crippen molar-refractivity contribution in [2.24, 2.45) is 0 Å². The van der Waals surface area contributed by atoms with E-state index in [1.807, 2.05) is 25.1 Å². The molecule has 0 spiro atoms. The predicted molar refractivity (Wildman–Crippen MR) is 103 cm³/mol. The zero-order chi connectivity index (χ0) is 17.6. The number of likely N-dealkylation sites (tertiary alicyclic amines) is 1. The molecule has 0 saturated carbocycles. The SMILES string of the molecule is CCO[C@H]1CN(CCCN2CCN(c3cccc(Cl)c3)CC2)C[C@@H]1O. The van der Waals surface area contributed by atoms with Crippen LogP contribution in [0.5, 0.6) is 0 Å². The summed E-state index contributed by atoms with van der Waals surface area (Å²) in [5, 5.41) is 10.8. The van der Waals surface area contributed by atoms with Crippen molar-refractivity contribution in [1.82, 2.24) is 9.80 Å². The number of β-amino-alcohol motifs (C(OH)–C–C–N with tert-alkyl or cyclic N) is 1. The number of hydrogen-bond acceptors (Lipinski definition) is 5. The summed E-state index contributed by atoms with van der Waals surface area (Å²) in [5.41, 5.74) is 1.22. The van der Waals surface area contributed by atoms with Crippen LogP contribution in [0.25, 0.3) is 0 Å². The van der Waals surface area contributed by atoms with Crippen LogP contribution in [0.1, 0.15) is 13.3 Å². The largest absolute Gasteiger partial charge is 0.389 e. The Labute approximate surface area is 156 Å². The van der Waals surface area contributed by atoms with E-state index in [0.717, 1.165) is 63.8 Å². The van der Waals surface area contributed by atoms with Gasteiger partial charge in [0.15, 0.2) is 0 Å². The van der Waals surface area contributed by atoms with Crippen LogP contribution in [0.3, 0.4) is 0 Å². The molecule has 2 aliphatic heterocycles. The lowest BCUT2D eigenvalue weighted by Gasteiger charge is -2.36. The van der Waals surface area contributed by atoms with Gasteiger partial charge in [0.25, 0.3) is 0 Å². The Morgan fingerprint density at radius 2 is 1.88 bits per heavy atom. The molecule has 25 heavy (non-hydrogen) atoms. The third-order valence-electron chi connectivity index (χ3n) is 5.19. The number of benzene rings is 1. The van der Waals surface area contributed by atoms with Crippen LogP contribution in [0.4, 0.5) is 5.69 Å². The minimum Gasteiger partial charge on any atom is -0.389 e. The summed E-state index contributed by atoms with van der Waals surface area (Å²) >= 11 is 6.10. The molecule has 0 bridgehead atoms. The van der Waals surface area contributed by atoms with E-state index < -0.39 is 0 Å². The van der Waals surface area contributed by atoms with Gasteiger partial charge in [-0.15, -0.1) is 0 Å². The smallest absolute Gasteiger partial charge is 0.0972 e. The van der Waals surface area contributed by atoms with Crippen molar-refractivity contribution in [3.05, 3.63) is 29.3 Å². The molecule has 0 radical (unpaired) electrons. The highest BCUT2D eigenvalue weighted by Gasteiger charge is 2.31. The molecule has 3 rings (SSSR count). The second-order valence-electron chi connectivity index (χ2n) is 6.98. The molecule has 0 aromatic heterocycles. The monoisotopic (exact) mass is 367 g/mol. The number of nitrogens with zero attached hydrogens (tertiary/aromatic N) is 3. The molecule has 2 heterocycles. The first-order valence-corrected chi connectivity index (χ1v) is 9.78. The van der Waals surface area contributed by atoms with E-state index in [0.29, 0.717) is 6.61 Å². The average molecular weight is 368 g/mol. The van der Waals surface area contributed by atoms with Gasteiger partial charge < -0.3 is 14.7 Å². The van der Waals surface area contributed by atoms with Crippen LogP contribution in [0.15, 0.2) is 24.3 Å². The zero-order valence-corrected chi connectivity index (χ0v) is 15.9. The molecule has 0 aliphatic carbocycles. The second kappa shape index (κ2) is 9.19. The number of piperazine rings is 1. The first-order valence-electron chi connectivity index (χ1n) is 9.40. The minimum absolute atomic E-state index is 0.00811. The molecule has 2 fully saturated rings. The number of ether oxygens (including phenoxy) is 1. The van der Waals surface area contributed by atoms with Gasteiger partial charge in [-0.3, -0.25) is 9.80 Å². The first-order chi connectivity index (χ1) is 12.2.